The van der Waals surface area contributed by atoms with Crippen molar-refractivity contribution < 1.29 is 9.13 Å². The Morgan fingerprint density at radius 1 is 1.00 bits per heavy atom. The topological polar surface area (TPSA) is 52.3 Å². The van der Waals surface area contributed by atoms with Gasteiger partial charge in [-0.1, -0.05) is 39.7 Å². The fraction of sp³-hybridized carbons (Fsp3) is 0.0870. The Balaban J connectivity index is 1.77. The molecule has 0 saturated carbocycles. The standard InChI is InChI=1S/C23H15BrClFN4O/c1-31-14-7-8-18(24)16(11-14)23-29-28-21-12-27-22(15-4-2-3-5-19(15)26)17-10-13(25)6-9-20(17)30(21)23/h2-11H,12H2,1H3. The van der Waals surface area contributed by atoms with Gasteiger partial charge in [-0.2, -0.15) is 0 Å². The molecule has 0 unspecified atom stereocenters. The molecule has 154 valence electrons. The average Bonchev–Trinajstić information content (AvgIpc) is 3.12. The molecule has 0 fully saturated rings. The second-order valence-electron chi connectivity index (χ2n) is 6.93. The molecule has 0 amide bonds. The first-order valence-electron chi connectivity index (χ1n) is 9.44. The molecule has 1 aromatic heterocycles. The number of ether oxygens (including phenoxy) is 1. The summed E-state index contributed by atoms with van der Waals surface area (Å²) in [4.78, 5) is 4.70. The van der Waals surface area contributed by atoms with Crippen molar-refractivity contribution in [2.24, 2.45) is 4.99 Å². The van der Waals surface area contributed by atoms with E-state index in [9.17, 15) is 4.39 Å². The largest absolute Gasteiger partial charge is 0.497 e. The number of methoxy groups -OCH3 is 1. The molecule has 0 saturated heterocycles. The number of fused-ring (bicyclic) bond motifs is 3. The zero-order valence-electron chi connectivity index (χ0n) is 16.3. The van der Waals surface area contributed by atoms with Crippen LogP contribution in [0, 0.1) is 5.82 Å². The highest BCUT2D eigenvalue weighted by molar-refractivity contribution is 9.10. The Hall–Kier alpha value is -3.03. The van der Waals surface area contributed by atoms with Crippen LogP contribution in [0.3, 0.4) is 0 Å². The van der Waals surface area contributed by atoms with Crippen LogP contribution in [0.15, 0.2) is 70.1 Å². The molecule has 0 radical (unpaired) electrons. The summed E-state index contributed by atoms with van der Waals surface area (Å²) in [5.74, 6) is 1.61. The van der Waals surface area contributed by atoms with E-state index in [0.717, 1.165) is 15.7 Å². The van der Waals surface area contributed by atoms with Crippen molar-refractivity contribution in [3.05, 3.63) is 92.9 Å². The van der Waals surface area contributed by atoms with Crippen LogP contribution >= 0.6 is 27.5 Å². The van der Waals surface area contributed by atoms with Gasteiger partial charge < -0.3 is 4.74 Å². The molecule has 2 heterocycles. The zero-order chi connectivity index (χ0) is 21.5. The number of nitrogens with zero attached hydrogens (tertiary/aromatic N) is 4. The van der Waals surface area contributed by atoms with Gasteiger partial charge in [0.25, 0.3) is 0 Å². The third-order valence-corrected chi connectivity index (χ3v) is 6.03. The van der Waals surface area contributed by atoms with Crippen LogP contribution in [-0.4, -0.2) is 27.6 Å². The number of rotatable bonds is 3. The summed E-state index contributed by atoms with van der Waals surface area (Å²) in [7, 11) is 1.61. The molecule has 1 aliphatic heterocycles. The van der Waals surface area contributed by atoms with Gasteiger partial charge >= 0.3 is 0 Å². The molecule has 8 heteroatoms. The monoisotopic (exact) mass is 496 g/mol. The lowest BCUT2D eigenvalue weighted by Gasteiger charge is -2.15. The second kappa shape index (κ2) is 7.90. The summed E-state index contributed by atoms with van der Waals surface area (Å²) >= 11 is 9.93. The van der Waals surface area contributed by atoms with Gasteiger partial charge in [-0.25, -0.2) is 4.39 Å². The summed E-state index contributed by atoms with van der Waals surface area (Å²) in [6, 6.07) is 17.7. The van der Waals surface area contributed by atoms with E-state index >= 15 is 0 Å². The molecular weight excluding hydrogens is 483 g/mol. The van der Waals surface area contributed by atoms with Gasteiger partial charge in [-0.15, -0.1) is 10.2 Å². The van der Waals surface area contributed by atoms with E-state index in [2.05, 4.69) is 26.1 Å². The lowest BCUT2D eigenvalue weighted by molar-refractivity contribution is 0.415. The molecule has 5 nitrogen and oxygen atoms in total. The maximum atomic E-state index is 14.7. The highest BCUT2D eigenvalue weighted by atomic mass is 79.9. The van der Waals surface area contributed by atoms with Gasteiger partial charge in [-0.3, -0.25) is 9.56 Å². The predicted octanol–water partition coefficient (Wildman–Crippen LogP) is 5.85. The van der Waals surface area contributed by atoms with Crippen LogP contribution in [-0.2, 0) is 6.54 Å². The number of aliphatic imine (C=N–C) groups is 1. The first kappa shape index (κ1) is 19.9. The van der Waals surface area contributed by atoms with Gasteiger partial charge in [0.1, 0.15) is 18.1 Å². The number of hydrogen-bond acceptors (Lipinski definition) is 4. The van der Waals surface area contributed by atoms with E-state index in [4.69, 9.17) is 21.3 Å². The van der Waals surface area contributed by atoms with Crippen molar-refractivity contribution in [3.63, 3.8) is 0 Å². The van der Waals surface area contributed by atoms with Crippen LogP contribution in [0.1, 0.15) is 17.0 Å². The lowest BCUT2D eigenvalue weighted by Crippen LogP contribution is -2.10. The fourth-order valence-electron chi connectivity index (χ4n) is 3.66. The third-order valence-electron chi connectivity index (χ3n) is 5.11. The highest BCUT2D eigenvalue weighted by Gasteiger charge is 2.26. The van der Waals surface area contributed by atoms with Gasteiger partial charge in [0.15, 0.2) is 11.6 Å². The molecule has 31 heavy (non-hydrogen) atoms. The molecule has 3 aromatic carbocycles. The first-order chi connectivity index (χ1) is 15.1. The van der Waals surface area contributed by atoms with E-state index in [0.29, 0.717) is 39.3 Å². The first-order valence-corrected chi connectivity index (χ1v) is 10.6. The van der Waals surface area contributed by atoms with E-state index in [1.54, 1.807) is 37.4 Å². The van der Waals surface area contributed by atoms with Crippen LogP contribution < -0.4 is 4.74 Å². The van der Waals surface area contributed by atoms with Gasteiger partial charge in [-0.05, 0) is 48.5 Å². The summed E-state index contributed by atoms with van der Waals surface area (Å²) in [6.45, 7) is 0.241. The third kappa shape index (κ3) is 3.43. The summed E-state index contributed by atoms with van der Waals surface area (Å²) in [5, 5.41) is 9.34. The summed E-state index contributed by atoms with van der Waals surface area (Å²) in [6.07, 6.45) is 0. The maximum absolute atomic E-state index is 14.7. The number of hydrogen-bond donors (Lipinski definition) is 0. The lowest BCUT2D eigenvalue weighted by atomic mass is 10.00. The zero-order valence-corrected chi connectivity index (χ0v) is 18.7. The Labute approximate surface area is 191 Å². The molecule has 1 aliphatic rings. The molecule has 0 N–H and O–H groups in total. The van der Waals surface area contributed by atoms with Crippen molar-refractivity contribution in [2.45, 2.75) is 6.54 Å². The molecule has 4 aromatic rings. The van der Waals surface area contributed by atoms with Crippen molar-refractivity contribution >= 4 is 33.2 Å². The van der Waals surface area contributed by atoms with Crippen LogP contribution in [0.2, 0.25) is 5.02 Å². The smallest absolute Gasteiger partial charge is 0.169 e. The van der Waals surface area contributed by atoms with Crippen molar-refractivity contribution in [1.29, 1.82) is 0 Å². The minimum Gasteiger partial charge on any atom is -0.497 e. The van der Waals surface area contributed by atoms with E-state index in [1.165, 1.54) is 6.07 Å². The Morgan fingerprint density at radius 2 is 1.84 bits per heavy atom. The minimum atomic E-state index is -0.347. The van der Waals surface area contributed by atoms with Gasteiger partial charge in [0.05, 0.1) is 18.5 Å². The second-order valence-corrected chi connectivity index (χ2v) is 8.22. The van der Waals surface area contributed by atoms with E-state index in [-0.39, 0.29) is 12.4 Å². The molecule has 0 bridgehead atoms. The van der Waals surface area contributed by atoms with Gasteiger partial charge in [0, 0.05) is 26.2 Å². The molecule has 5 rings (SSSR count). The van der Waals surface area contributed by atoms with Crippen LogP contribution in [0.4, 0.5) is 4.39 Å². The Bertz CT molecular complexity index is 1350. The van der Waals surface area contributed by atoms with Crippen molar-refractivity contribution in [3.8, 4) is 22.8 Å². The van der Waals surface area contributed by atoms with Gasteiger partial charge in [0.2, 0.25) is 0 Å². The van der Waals surface area contributed by atoms with E-state index in [1.807, 2.05) is 28.8 Å². The predicted molar refractivity (Wildman–Crippen MR) is 122 cm³/mol. The molecule has 0 atom stereocenters. The number of aromatic nitrogens is 3. The molecular formula is C23H15BrClFN4O. The van der Waals surface area contributed by atoms with Crippen molar-refractivity contribution in [2.75, 3.05) is 7.11 Å². The normalized spacial score (nSPS) is 12.6. The van der Waals surface area contributed by atoms with Crippen molar-refractivity contribution in [1.82, 2.24) is 14.8 Å². The van der Waals surface area contributed by atoms with E-state index < -0.39 is 0 Å². The highest BCUT2D eigenvalue weighted by Crippen LogP contribution is 2.35. The summed E-state index contributed by atoms with van der Waals surface area (Å²) < 4.78 is 22.8. The molecule has 0 spiro atoms. The Morgan fingerprint density at radius 3 is 2.65 bits per heavy atom. The number of halogens is 3. The Kier molecular flexibility index (Phi) is 5.08. The molecule has 0 aliphatic carbocycles. The van der Waals surface area contributed by atoms with Crippen LogP contribution in [0.5, 0.6) is 5.75 Å². The number of benzene rings is 3. The summed E-state index contributed by atoms with van der Waals surface area (Å²) in [5.41, 5.74) is 3.23. The SMILES string of the molecule is COc1ccc(Br)c(-c2nnc3n2-c2ccc(Cl)cc2C(c2ccccc2F)=NC3)c1. The average molecular weight is 498 g/mol. The van der Waals surface area contributed by atoms with Crippen LogP contribution in [0.25, 0.3) is 17.1 Å². The minimum absolute atomic E-state index is 0.241. The fourth-order valence-corrected chi connectivity index (χ4v) is 4.26. The maximum Gasteiger partial charge on any atom is 0.169 e. The quantitative estimate of drug-likeness (QED) is 0.357.